The van der Waals surface area contributed by atoms with Crippen LogP contribution in [0.25, 0.3) is 10.2 Å². The number of fused-ring (bicyclic) bond motifs is 3. The molecule has 8 nitrogen and oxygen atoms in total. The van der Waals surface area contributed by atoms with Crippen LogP contribution in [0.1, 0.15) is 41.1 Å². The maximum Gasteiger partial charge on any atom is 0.259 e. The summed E-state index contributed by atoms with van der Waals surface area (Å²) >= 11 is 1.64. The van der Waals surface area contributed by atoms with Gasteiger partial charge in [-0.3, -0.25) is 9.69 Å². The zero-order chi connectivity index (χ0) is 23.5. The number of nitrogens with one attached hydrogen (secondary N) is 1. The second-order valence-electron chi connectivity index (χ2n) is 9.04. The third-order valence-corrected chi connectivity index (χ3v) is 7.30. The molecule has 5 rings (SSSR count). The van der Waals surface area contributed by atoms with Gasteiger partial charge in [0.2, 0.25) is 0 Å². The Kier molecular flexibility index (Phi) is 6.96. The van der Waals surface area contributed by atoms with Crippen molar-refractivity contribution in [2.45, 2.75) is 52.0 Å². The molecule has 1 aliphatic rings. The number of hydrogen-bond donors (Lipinski definition) is 2. The minimum absolute atomic E-state index is 0.0765. The van der Waals surface area contributed by atoms with Crippen molar-refractivity contribution in [1.82, 2.24) is 14.9 Å². The molecule has 4 heterocycles. The van der Waals surface area contributed by atoms with Crippen LogP contribution >= 0.6 is 11.3 Å². The van der Waals surface area contributed by atoms with Gasteiger partial charge in [0.05, 0.1) is 43.7 Å². The molecule has 4 aromatic heterocycles. The standard InChI is InChI=1S/C25H29N3O5S/c1-16-6-7-20-21(10-16)34-25-23(20)24(30)26-22(27-25)13-28(12-18-4-2-8-32-18)11-17(29)14-31-15-19-5-3-9-33-19/h2-5,8-9,16-17,29H,6-7,10-15H2,1H3,(H,26,27,30)/t16-,17+/m1/s1. The number of rotatable bonds is 10. The molecule has 2 atom stereocenters. The van der Waals surface area contributed by atoms with E-state index in [1.165, 1.54) is 10.4 Å². The molecule has 0 aromatic carbocycles. The van der Waals surface area contributed by atoms with E-state index >= 15 is 0 Å². The van der Waals surface area contributed by atoms with Gasteiger partial charge in [-0.2, -0.15) is 0 Å². The number of aliphatic hydroxyl groups excluding tert-OH is 1. The second kappa shape index (κ2) is 10.3. The number of furan rings is 2. The molecule has 0 unspecified atom stereocenters. The average Bonchev–Trinajstić information content (AvgIpc) is 3.54. The number of hydrogen-bond acceptors (Lipinski definition) is 8. The molecule has 0 fully saturated rings. The molecule has 0 saturated carbocycles. The van der Waals surface area contributed by atoms with Crippen LogP contribution in [0.3, 0.4) is 0 Å². The van der Waals surface area contributed by atoms with E-state index in [1.807, 2.05) is 23.1 Å². The van der Waals surface area contributed by atoms with Crippen LogP contribution in [0.2, 0.25) is 0 Å². The summed E-state index contributed by atoms with van der Waals surface area (Å²) in [6, 6.07) is 7.35. The van der Waals surface area contributed by atoms with Crippen molar-refractivity contribution < 1.29 is 18.7 Å². The van der Waals surface area contributed by atoms with Crippen molar-refractivity contribution in [2.24, 2.45) is 5.92 Å². The van der Waals surface area contributed by atoms with E-state index in [1.54, 1.807) is 29.9 Å². The van der Waals surface area contributed by atoms with Crippen molar-refractivity contribution in [2.75, 3.05) is 13.2 Å². The molecule has 0 aliphatic heterocycles. The molecule has 180 valence electrons. The predicted molar refractivity (Wildman–Crippen MR) is 129 cm³/mol. The minimum atomic E-state index is -0.726. The van der Waals surface area contributed by atoms with Crippen molar-refractivity contribution in [1.29, 1.82) is 0 Å². The van der Waals surface area contributed by atoms with Gasteiger partial charge in [-0.05, 0) is 55.0 Å². The second-order valence-corrected chi connectivity index (χ2v) is 10.1. The van der Waals surface area contributed by atoms with E-state index in [2.05, 4.69) is 11.9 Å². The molecule has 0 spiro atoms. The Balaban J connectivity index is 1.30. The third-order valence-electron chi connectivity index (χ3n) is 6.15. The number of H-pyrrole nitrogens is 1. The number of aromatic amines is 1. The molecule has 0 amide bonds. The van der Waals surface area contributed by atoms with Gasteiger partial charge in [0, 0.05) is 11.4 Å². The van der Waals surface area contributed by atoms with Gasteiger partial charge in [0.15, 0.2) is 0 Å². The number of aromatic nitrogens is 2. The number of ether oxygens (including phenoxy) is 1. The number of nitrogens with zero attached hydrogens (tertiary/aromatic N) is 2. The van der Waals surface area contributed by atoms with E-state index in [-0.39, 0.29) is 12.2 Å². The smallest absolute Gasteiger partial charge is 0.259 e. The molecule has 4 aromatic rings. The Bertz CT molecular complexity index is 1260. The quantitative estimate of drug-likeness (QED) is 0.353. The maximum atomic E-state index is 13.0. The molecule has 1 aliphatic carbocycles. The fourth-order valence-corrected chi connectivity index (χ4v) is 5.93. The summed E-state index contributed by atoms with van der Waals surface area (Å²) in [6.07, 6.45) is 5.55. The first-order chi connectivity index (χ1) is 16.5. The molecule has 34 heavy (non-hydrogen) atoms. The van der Waals surface area contributed by atoms with E-state index in [0.29, 0.717) is 43.7 Å². The Morgan fingerprint density at radius 3 is 2.82 bits per heavy atom. The first kappa shape index (κ1) is 23.0. The highest BCUT2D eigenvalue weighted by Crippen LogP contribution is 2.35. The molecular weight excluding hydrogens is 454 g/mol. The average molecular weight is 484 g/mol. The van der Waals surface area contributed by atoms with E-state index in [4.69, 9.17) is 18.6 Å². The summed E-state index contributed by atoms with van der Waals surface area (Å²) in [5.41, 5.74) is 1.10. The SMILES string of the molecule is C[C@@H]1CCc2c(sc3nc(CN(Cc4ccco4)C[C@H](O)COCc4ccco4)[nH]c(=O)c23)C1. The number of aliphatic hydroxyl groups is 1. The van der Waals surface area contributed by atoms with Crippen LogP contribution in [0.4, 0.5) is 0 Å². The molecule has 0 bridgehead atoms. The third kappa shape index (κ3) is 5.33. The fourth-order valence-electron chi connectivity index (χ4n) is 4.53. The summed E-state index contributed by atoms with van der Waals surface area (Å²) < 4.78 is 16.4. The van der Waals surface area contributed by atoms with Crippen LogP contribution in [-0.2, 0) is 37.3 Å². The molecule has 2 N–H and O–H groups in total. The van der Waals surface area contributed by atoms with Gasteiger partial charge in [0.1, 0.15) is 28.8 Å². The summed E-state index contributed by atoms with van der Waals surface area (Å²) in [4.78, 5) is 24.9. The summed E-state index contributed by atoms with van der Waals surface area (Å²) in [5.74, 6) is 2.70. The molecule has 9 heteroatoms. The van der Waals surface area contributed by atoms with Gasteiger partial charge in [0.25, 0.3) is 5.56 Å². The fraction of sp³-hybridized carbons (Fsp3) is 0.440. The number of thiophene rings is 1. The normalized spacial score (nSPS) is 16.9. The van der Waals surface area contributed by atoms with Gasteiger partial charge in [-0.25, -0.2) is 4.98 Å². The highest BCUT2D eigenvalue weighted by atomic mass is 32.1. The lowest BCUT2D eigenvalue weighted by molar-refractivity contribution is 0.00125. The lowest BCUT2D eigenvalue weighted by atomic mass is 9.89. The molecular formula is C25H29N3O5S. The van der Waals surface area contributed by atoms with E-state index in [0.717, 1.165) is 35.2 Å². The molecule has 0 radical (unpaired) electrons. The first-order valence-corrected chi connectivity index (χ1v) is 12.4. The van der Waals surface area contributed by atoms with Crippen LogP contribution in [0.15, 0.2) is 50.4 Å². The number of aryl methyl sites for hydroxylation is 1. The van der Waals surface area contributed by atoms with Gasteiger partial charge in [-0.15, -0.1) is 11.3 Å². The van der Waals surface area contributed by atoms with E-state index in [9.17, 15) is 9.90 Å². The summed E-state index contributed by atoms with van der Waals surface area (Å²) in [5, 5.41) is 11.3. The van der Waals surface area contributed by atoms with Gasteiger partial charge >= 0.3 is 0 Å². The summed E-state index contributed by atoms with van der Waals surface area (Å²) in [6.45, 7) is 3.90. The lowest BCUT2D eigenvalue weighted by Gasteiger charge is -2.23. The van der Waals surface area contributed by atoms with Crippen LogP contribution in [0, 0.1) is 5.92 Å². The van der Waals surface area contributed by atoms with Crippen LogP contribution in [-0.4, -0.2) is 39.2 Å². The topological polar surface area (TPSA) is 105 Å². The Hall–Kier alpha value is -2.72. The monoisotopic (exact) mass is 483 g/mol. The van der Waals surface area contributed by atoms with Crippen molar-refractivity contribution in [3.05, 3.63) is 74.9 Å². The van der Waals surface area contributed by atoms with Crippen molar-refractivity contribution in [3.63, 3.8) is 0 Å². The first-order valence-electron chi connectivity index (χ1n) is 11.6. The van der Waals surface area contributed by atoms with E-state index < -0.39 is 6.10 Å². The van der Waals surface area contributed by atoms with Crippen molar-refractivity contribution in [3.8, 4) is 0 Å². The predicted octanol–water partition coefficient (Wildman–Crippen LogP) is 3.88. The highest BCUT2D eigenvalue weighted by Gasteiger charge is 2.24. The lowest BCUT2D eigenvalue weighted by Crippen LogP contribution is -2.35. The largest absolute Gasteiger partial charge is 0.468 e. The Labute approximate surface area is 201 Å². The van der Waals surface area contributed by atoms with Crippen LogP contribution < -0.4 is 5.56 Å². The zero-order valence-corrected chi connectivity index (χ0v) is 20.0. The molecule has 0 saturated heterocycles. The van der Waals surface area contributed by atoms with Gasteiger partial charge < -0.3 is 23.7 Å². The minimum Gasteiger partial charge on any atom is -0.468 e. The maximum absolute atomic E-state index is 13.0. The Morgan fingerprint density at radius 2 is 2.06 bits per heavy atom. The highest BCUT2D eigenvalue weighted by molar-refractivity contribution is 7.18. The van der Waals surface area contributed by atoms with Crippen LogP contribution in [0.5, 0.6) is 0 Å². The van der Waals surface area contributed by atoms with Crippen molar-refractivity contribution >= 4 is 21.6 Å². The Morgan fingerprint density at radius 1 is 1.26 bits per heavy atom. The van der Waals surface area contributed by atoms with Gasteiger partial charge in [-0.1, -0.05) is 6.92 Å². The summed E-state index contributed by atoms with van der Waals surface area (Å²) in [7, 11) is 0. The zero-order valence-electron chi connectivity index (χ0n) is 19.2.